The van der Waals surface area contributed by atoms with Crippen molar-refractivity contribution in [1.29, 1.82) is 0 Å². The molecule has 0 fully saturated rings. The zero-order chi connectivity index (χ0) is 15.6. The molecule has 1 aromatic heterocycles. The third-order valence-electron chi connectivity index (χ3n) is 2.68. The zero-order valence-corrected chi connectivity index (χ0v) is 13.0. The standard InChI is InChI=1S/C12H13N3O4S2/c1-15-11(13-14-12(15)20-7-10(16)17)8-4-3-5-9(6-8)21(2,18)19/h3-6H,7H2,1-2H3,(H,16,17). The van der Waals surface area contributed by atoms with E-state index in [1.54, 1.807) is 23.7 Å². The van der Waals surface area contributed by atoms with Gasteiger partial charge in [0.15, 0.2) is 20.8 Å². The van der Waals surface area contributed by atoms with Crippen LogP contribution in [0.25, 0.3) is 11.4 Å². The van der Waals surface area contributed by atoms with Crippen LogP contribution in [0.2, 0.25) is 0 Å². The monoisotopic (exact) mass is 327 g/mol. The summed E-state index contributed by atoms with van der Waals surface area (Å²) in [7, 11) is -1.60. The molecule has 0 aliphatic heterocycles. The molecule has 0 aliphatic carbocycles. The summed E-state index contributed by atoms with van der Waals surface area (Å²) in [5.41, 5.74) is 0.607. The first-order valence-electron chi connectivity index (χ1n) is 5.83. The van der Waals surface area contributed by atoms with Gasteiger partial charge in [-0.2, -0.15) is 0 Å². The van der Waals surface area contributed by atoms with Crippen LogP contribution in [0, 0.1) is 0 Å². The van der Waals surface area contributed by atoms with E-state index in [0.29, 0.717) is 16.5 Å². The lowest BCUT2D eigenvalue weighted by Gasteiger charge is -2.04. The van der Waals surface area contributed by atoms with Crippen molar-refractivity contribution in [2.75, 3.05) is 12.0 Å². The van der Waals surface area contributed by atoms with E-state index < -0.39 is 15.8 Å². The number of carboxylic acid groups (broad SMARTS) is 1. The van der Waals surface area contributed by atoms with Gasteiger partial charge in [0.2, 0.25) is 0 Å². The van der Waals surface area contributed by atoms with Gasteiger partial charge in [-0.15, -0.1) is 10.2 Å². The number of aliphatic carboxylic acids is 1. The molecule has 1 N–H and O–H groups in total. The van der Waals surface area contributed by atoms with Crippen molar-refractivity contribution in [3.63, 3.8) is 0 Å². The summed E-state index contributed by atoms with van der Waals surface area (Å²) in [6.45, 7) is 0. The molecular formula is C12H13N3O4S2. The topological polar surface area (TPSA) is 102 Å². The Hall–Kier alpha value is -1.87. The minimum Gasteiger partial charge on any atom is -0.481 e. The Kier molecular flexibility index (Phi) is 4.33. The normalized spacial score (nSPS) is 11.5. The van der Waals surface area contributed by atoms with Crippen LogP contribution in [0.3, 0.4) is 0 Å². The van der Waals surface area contributed by atoms with Crippen LogP contribution >= 0.6 is 11.8 Å². The summed E-state index contributed by atoms with van der Waals surface area (Å²) >= 11 is 1.05. The summed E-state index contributed by atoms with van der Waals surface area (Å²) in [4.78, 5) is 10.8. The number of carboxylic acids is 1. The lowest BCUT2D eigenvalue weighted by molar-refractivity contribution is -0.133. The predicted octanol–water partition coefficient (Wildman–Crippen LogP) is 1.06. The molecule has 1 aromatic carbocycles. The number of sulfone groups is 1. The maximum Gasteiger partial charge on any atom is 0.313 e. The molecule has 0 aliphatic rings. The van der Waals surface area contributed by atoms with E-state index in [2.05, 4.69) is 10.2 Å². The number of thioether (sulfide) groups is 1. The quantitative estimate of drug-likeness (QED) is 0.819. The van der Waals surface area contributed by atoms with Crippen LogP contribution in [0.1, 0.15) is 0 Å². The second-order valence-electron chi connectivity index (χ2n) is 4.35. The van der Waals surface area contributed by atoms with Gasteiger partial charge >= 0.3 is 5.97 Å². The highest BCUT2D eigenvalue weighted by molar-refractivity contribution is 7.99. The highest BCUT2D eigenvalue weighted by Crippen LogP contribution is 2.24. The average Bonchev–Trinajstić information content (AvgIpc) is 2.77. The van der Waals surface area contributed by atoms with Crippen LogP contribution in [0.15, 0.2) is 34.3 Å². The molecule has 2 rings (SSSR count). The Morgan fingerprint density at radius 2 is 2.10 bits per heavy atom. The van der Waals surface area contributed by atoms with Crippen molar-refractivity contribution in [3.8, 4) is 11.4 Å². The molecule has 0 bridgehead atoms. The highest BCUT2D eigenvalue weighted by atomic mass is 32.2. The molecule has 112 valence electrons. The first kappa shape index (κ1) is 15.5. The van der Waals surface area contributed by atoms with E-state index >= 15 is 0 Å². The van der Waals surface area contributed by atoms with Crippen molar-refractivity contribution in [2.45, 2.75) is 10.1 Å². The van der Waals surface area contributed by atoms with E-state index in [-0.39, 0.29) is 10.6 Å². The Morgan fingerprint density at radius 1 is 1.38 bits per heavy atom. The van der Waals surface area contributed by atoms with Crippen LogP contribution < -0.4 is 0 Å². The van der Waals surface area contributed by atoms with Crippen molar-refractivity contribution >= 4 is 27.6 Å². The van der Waals surface area contributed by atoms with Crippen LogP contribution in [0.5, 0.6) is 0 Å². The number of carbonyl (C=O) groups is 1. The van der Waals surface area contributed by atoms with Gasteiger partial charge in [-0.3, -0.25) is 4.79 Å². The fourth-order valence-corrected chi connectivity index (χ4v) is 2.98. The summed E-state index contributed by atoms with van der Waals surface area (Å²) in [6.07, 6.45) is 1.14. The number of rotatable bonds is 5. The minimum absolute atomic E-state index is 0.116. The second-order valence-corrected chi connectivity index (χ2v) is 7.31. The van der Waals surface area contributed by atoms with E-state index in [9.17, 15) is 13.2 Å². The molecule has 7 nitrogen and oxygen atoms in total. The second kappa shape index (κ2) is 5.86. The van der Waals surface area contributed by atoms with Crippen LogP contribution in [0.4, 0.5) is 0 Å². The molecule has 9 heteroatoms. The number of aromatic nitrogens is 3. The molecule has 1 heterocycles. The number of nitrogens with zero attached hydrogens (tertiary/aromatic N) is 3. The van der Waals surface area contributed by atoms with Gasteiger partial charge in [-0.25, -0.2) is 8.42 Å². The molecule has 0 spiro atoms. The zero-order valence-electron chi connectivity index (χ0n) is 11.3. The van der Waals surface area contributed by atoms with Gasteiger partial charge in [-0.1, -0.05) is 23.9 Å². The Labute approximate surface area is 125 Å². The van der Waals surface area contributed by atoms with Gasteiger partial charge in [0.25, 0.3) is 0 Å². The molecule has 0 saturated heterocycles. The highest BCUT2D eigenvalue weighted by Gasteiger charge is 2.14. The molecule has 0 unspecified atom stereocenters. The Bertz CT molecular complexity index is 784. The first-order valence-corrected chi connectivity index (χ1v) is 8.71. The molecule has 0 saturated carbocycles. The van der Waals surface area contributed by atoms with Crippen LogP contribution in [-0.4, -0.2) is 46.3 Å². The molecule has 0 radical (unpaired) electrons. The number of hydrogen-bond donors (Lipinski definition) is 1. The van der Waals surface area contributed by atoms with Gasteiger partial charge in [0.1, 0.15) is 0 Å². The van der Waals surface area contributed by atoms with Crippen molar-refractivity contribution < 1.29 is 18.3 Å². The number of benzene rings is 1. The lowest BCUT2D eigenvalue weighted by atomic mass is 10.2. The lowest BCUT2D eigenvalue weighted by Crippen LogP contribution is -2.01. The maximum absolute atomic E-state index is 11.6. The summed E-state index contributed by atoms with van der Waals surface area (Å²) < 4.78 is 24.8. The molecular weight excluding hydrogens is 314 g/mol. The fourth-order valence-electron chi connectivity index (χ4n) is 1.68. The van der Waals surface area contributed by atoms with Gasteiger partial charge in [0, 0.05) is 18.9 Å². The maximum atomic E-state index is 11.6. The van der Waals surface area contributed by atoms with Crippen molar-refractivity contribution in [3.05, 3.63) is 24.3 Å². The van der Waals surface area contributed by atoms with E-state index in [1.165, 1.54) is 12.1 Å². The summed E-state index contributed by atoms with van der Waals surface area (Å²) in [5.74, 6) is -0.577. The van der Waals surface area contributed by atoms with E-state index in [4.69, 9.17) is 5.11 Å². The first-order chi connectivity index (χ1) is 9.79. The van der Waals surface area contributed by atoms with Crippen molar-refractivity contribution in [2.24, 2.45) is 7.05 Å². The predicted molar refractivity (Wildman–Crippen MR) is 77.9 cm³/mol. The average molecular weight is 327 g/mol. The van der Waals surface area contributed by atoms with E-state index in [0.717, 1.165) is 18.0 Å². The molecule has 2 aromatic rings. The Morgan fingerprint density at radius 3 is 2.71 bits per heavy atom. The molecule has 0 atom stereocenters. The largest absolute Gasteiger partial charge is 0.481 e. The van der Waals surface area contributed by atoms with Crippen molar-refractivity contribution in [1.82, 2.24) is 14.8 Å². The van der Waals surface area contributed by atoms with Gasteiger partial charge in [0.05, 0.1) is 10.6 Å². The van der Waals surface area contributed by atoms with Crippen LogP contribution in [-0.2, 0) is 21.7 Å². The summed E-state index contributed by atoms with van der Waals surface area (Å²) in [5, 5.41) is 17.0. The minimum atomic E-state index is -3.30. The smallest absolute Gasteiger partial charge is 0.313 e. The SMILES string of the molecule is Cn1c(SCC(=O)O)nnc1-c1cccc(S(C)(=O)=O)c1. The molecule has 21 heavy (non-hydrogen) atoms. The number of hydrogen-bond acceptors (Lipinski definition) is 6. The van der Waals surface area contributed by atoms with Gasteiger partial charge in [-0.05, 0) is 12.1 Å². The third-order valence-corrected chi connectivity index (χ3v) is 4.80. The summed E-state index contributed by atoms with van der Waals surface area (Å²) in [6, 6.07) is 6.38. The van der Waals surface area contributed by atoms with E-state index in [1.807, 2.05) is 0 Å². The van der Waals surface area contributed by atoms with Gasteiger partial charge < -0.3 is 9.67 Å². The fraction of sp³-hybridized carbons (Fsp3) is 0.250. The molecule has 0 amide bonds. The third kappa shape index (κ3) is 3.61. The Balaban J connectivity index is 2.37.